The normalized spacial score (nSPS) is 11.9. The average molecular weight is 364 g/mol. The van der Waals surface area contributed by atoms with E-state index in [1.54, 1.807) is 24.3 Å². The number of rotatable bonds is 6. The number of carbonyl (C=O) groups excluding carboxylic acids is 1. The highest BCUT2D eigenvalue weighted by Crippen LogP contribution is 2.21. The van der Waals surface area contributed by atoms with E-state index in [9.17, 15) is 20.0 Å². The van der Waals surface area contributed by atoms with E-state index in [1.165, 1.54) is 13.0 Å². The number of ether oxygens (including phenoxy) is 1. The number of benzene rings is 2. The number of nitro benzene ring substituents is 1. The topological polar surface area (TPSA) is 114 Å². The number of hydrogen-bond acceptors (Lipinski definition) is 6. The van der Waals surface area contributed by atoms with Crippen LogP contribution in [0.5, 0.6) is 11.5 Å². The smallest absolute Gasteiger partial charge is 0.280 e. The molecule has 9 heteroatoms. The molecule has 8 nitrogen and oxygen atoms in total. The fraction of sp³-hybridized carbons (Fsp3) is 0.125. The van der Waals surface area contributed by atoms with E-state index in [2.05, 4.69) is 10.5 Å². The molecule has 0 aliphatic rings. The summed E-state index contributed by atoms with van der Waals surface area (Å²) in [6.45, 7) is 1.52. The molecule has 0 unspecified atom stereocenters. The van der Waals surface area contributed by atoms with Crippen LogP contribution in [0.25, 0.3) is 0 Å². The molecule has 0 bridgehead atoms. The Morgan fingerprint density at radius 2 is 2.16 bits per heavy atom. The first-order valence-corrected chi connectivity index (χ1v) is 7.47. The zero-order valence-electron chi connectivity index (χ0n) is 13.0. The molecule has 0 aliphatic heterocycles. The van der Waals surface area contributed by atoms with Crippen LogP contribution in [0.2, 0.25) is 5.02 Å². The SMILES string of the molecule is C[C@@H](Oc1cccc(Cl)c1)C(=O)N/N=C\c1cc([N+](=O)[O-])ccc1O. The maximum Gasteiger partial charge on any atom is 0.280 e. The third-order valence-corrected chi connectivity index (χ3v) is 3.31. The number of hydrazone groups is 1. The van der Waals surface area contributed by atoms with E-state index in [0.717, 1.165) is 18.3 Å². The number of halogens is 1. The summed E-state index contributed by atoms with van der Waals surface area (Å²) in [4.78, 5) is 22.0. The molecule has 25 heavy (non-hydrogen) atoms. The van der Waals surface area contributed by atoms with E-state index in [-0.39, 0.29) is 17.0 Å². The number of nitrogens with zero attached hydrogens (tertiary/aromatic N) is 2. The first-order valence-electron chi connectivity index (χ1n) is 7.09. The molecular weight excluding hydrogens is 350 g/mol. The highest BCUT2D eigenvalue weighted by Gasteiger charge is 2.14. The predicted octanol–water partition coefficient (Wildman–Crippen LogP) is 2.87. The predicted molar refractivity (Wildman–Crippen MR) is 92.0 cm³/mol. The van der Waals surface area contributed by atoms with Crippen LogP contribution in [-0.4, -0.2) is 28.3 Å². The highest BCUT2D eigenvalue weighted by molar-refractivity contribution is 6.30. The highest BCUT2D eigenvalue weighted by atomic mass is 35.5. The van der Waals surface area contributed by atoms with Gasteiger partial charge in [0, 0.05) is 22.7 Å². The summed E-state index contributed by atoms with van der Waals surface area (Å²) in [7, 11) is 0. The lowest BCUT2D eigenvalue weighted by molar-refractivity contribution is -0.384. The number of carbonyl (C=O) groups is 1. The van der Waals surface area contributed by atoms with E-state index in [1.807, 2.05) is 0 Å². The largest absolute Gasteiger partial charge is 0.507 e. The van der Waals surface area contributed by atoms with Crippen molar-refractivity contribution in [3.63, 3.8) is 0 Å². The van der Waals surface area contributed by atoms with Crippen molar-refractivity contribution in [2.75, 3.05) is 0 Å². The summed E-state index contributed by atoms with van der Waals surface area (Å²) in [5, 5.41) is 24.5. The Labute approximate surface area is 147 Å². The van der Waals surface area contributed by atoms with E-state index in [0.29, 0.717) is 10.8 Å². The minimum absolute atomic E-state index is 0.0953. The number of phenolic OH excluding ortho intramolecular Hbond substituents is 1. The van der Waals surface area contributed by atoms with Gasteiger partial charge in [-0.05, 0) is 31.2 Å². The summed E-state index contributed by atoms with van der Waals surface area (Å²) in [5.74, 6) is -0.316. The van der Waals surface area contributed by atoms with Crippen molar-refractivity contribution in [2.24, 2.45) is 5.10 Å². The molecule has 2 aromatic rings. The molecule has 2 N–H and O–H groups in total. The van der Waals surface area contributed by atoms with Gasteiger partial charge >= 0.3 is 0 Å². The molecule has 2 rings (SSSR count). The maximum absolute atomic E-state index is 11.9. The molecule has 1 atom stereocenters. The molecule has 0 radical (unpaired) electrons. The third-order valence-electron chi connectivity index (χ3n) is 3.08. The van der Waals surface area contributed by atoms with Gasteiger partial charge in [-0.1, -0.05) is 17.7 Å². The van der Waals surface area contributed by atoms with Crippen LogP contribution in [0.15, 0.2) is 47.6 Å². The van der Waals surface area contributed by atoms with Gasteiger partial charge in [0.05, 0.1) is 11.1 Å². The Bertz CT molecular complexity index is 825. The molecule has 0 fully saturated rings. The van der Waals surface area contributed by atoms with Crippen molar-refractivity contribution < 1.29 is 19.6 Å². The lowest BCUT2D eigenvalue weighted by atomic mass is 10.2. The zero-order valence-corrected chi connectivity index (χ0v) is 13.8. The Morgan fingerprint density at radius 3 is 2.84 bits per heavy atom. The van der Waals surface area contributed by atoms with Crippen molar-refractivity contribution in [1.29, 1.82) is 0 Å². The van der Waals surface area contributed by atoms with Crippen LogP contribution < -0.4 is 10.2 Å². The van der Waals surface area contributed by atoms with E-state index in [4.69, 9.17) is 16.3 Å². The van der Waals surface area contributed by atoms with Crippen LogP contribution in [0, 0.1) is 10.1 Å². The molecule has 0 spiro atoms. The number of amides is 1. The third kappa shape index (κ3) is 5.18. The second-order valence-corrected chi connectivity index (χ2v) is 5.39. The van der Waals surface area contributed by atoms with Crippen LogP contribution in [-0.2, 0) is 4.79 Å². The molecule has 0 saturated carbocycles. The minimum atomic E-state index is -0.852. The summed E-state index contributed by atoms with van der Waals surface area (Å²) < 4.78 is 5.42. The first-order chi connectivity index (χ1) is 11.9. The Kier molecular flexibility index (Phi) is 5.91. The zero-order chi connectivity index (χ0) is 18.4. The Hall–Kier alpha value is -3.13. The second kappa shape index (κ2) is 8.11. The summed E-state index contributed by atoms with van der Waals surface area (Å²) in [5.41, 5.74) is 2.12. The van der Waals surface area contributed by atoms with Crippen molar-refractivity contribution in [3.05, 3.63) is 63.2 Å². The summed E-state index contributed by atoms with van der Waals surface area (Å²) in [6.07, 6.45) is 0.251. The van der Waals surface area contributed by atoms with Gasteiger partial charge in [-0.2, -0.15) is 5.10 Å². The fourth-order valence-electron chi connectivity index (χ4n) is 1.81. The van der Waals surface area contributed by atoms with Crippen LogP contribution in [0.3, 0.4) is 0 Å². The molecule has 2 aromatic carbocycles. The standard InChI is InChI=1S/C16H14ClN3O5/c1-10(25-14-4-2-3-12(17)8-14)16(22)19-18-9-11-7-13(20(23)24)5-6-15(11)21/h2-10,21H,1H3,(H,19,22)/b18-9-/t10-/m1/s1. The maximum atomic E-state index is 11.9. The van der Waals surface area contributed by atoms with Gasteiger partial charge in [0.1, 0.15) is 11.5 Å². The summed E-state index contributed by atoms with van der Waals surface area (Å²) >= 11 is 5.83. The number of non-ortho nitro benzene ring substituents is 1. The summed E-state index contributed by atoms with van der Waals surface area (Å²) in [6, 6.07) is 10.0. The van der Waals surface area contributed by atoms with Crippen LogP contribution in [0.1, 0.15) is 12.5 Å². The lowest BCUT2D eigenvalue weighted by Gasteiger charge is -2.12. The molecule has 130 valence electrons. The van der Waals surface area contributed by atoms with Gasteiger partial charge < -0.3 is 9.84 Å². The van der Waals surface area contributed by atoms with Gasteiger partial charge in [-0.15, -0.1) is 0 Å². The lowest BCUT2D eigenvalue weighted by Crippen LogP contribution is -2.33. The number of aromatic hydroxyl groups is 1. The fourth-order valence-corrected chi connectivity index (χ4v) is 1.99. The van der Waals surface area contributed by atoms with Gasteiger partial charge in [0.2, 0.25) is 0 Å². The minimum Gasteiger partial charge on any atom is -0.507 e. The van der Waals surface area contributed by atoms with Crippen molar-refractivity contribution in [2.45, 2.75) is 13.0 Å². The average Bonchev–Trinajstić information content (AvgIpc) is 2.56. The molecule has 0 heterocycles. The van der Waals surface area contributed by atoms with E-state index >= 15 is 0 Å². The van der Waals surface area contributed by atoms with Gasteiger partial charge in [0.15, 0.2) is 6.10 Å². The number of phenols is 1. The number of hydrogen-bond donors (Lipinski definition) is 2. The van der Waals surface area contributed by atoms with Gasteiger partial charge in [-0.25, -0.2) is 5.43 Å². The first kappa shape index (κ1) is 18.2. The molecule has 0 aromatic heterocycles. The van der Waals surface area contributed by atoms with Crippen LogP contribution in [0.4, 0.5) is 5.69 Å². The van der Waals surface area contributed by atoms with Crippen molar-refractivity contribution in [1.82, 2.24) is 5.43 Å². The molecular formula is C16H14ClN3O5. The monoisotopic (exact) mass is 363 g/mol. The molecule has 0 saturated heterocycles. The Morgan fingerprint density at radius 1 is 1.40 bits per heavy atom. The Balaban J connectivity index is 1.98. The van der Waals surface area contributed by atoms with Gasteiger partial charge in [0.25, 0.3) is 11.6 Å². The van der Waals surface area contributed by atoms with E-state index < -0.39 is 16.9 Å². The quantitative estimate of drug-likeness (QED) is 0.465. The second-order valence-electron chi connectivity index (χ2n) is 4.95. The number of nitrogens with one attached hydrogen (secondary N) is 1. The van der Waals surface area contributed by atoms with Crippen LogP contribution >= 0.6 is 11.6 Å². The van der Waals surface area contributed by atoms with Crippen molar-refractivity contribution in [3.8, 4) is 11.5 Å². The van der Waals surface area contributed by atoms with Crippen molar-refractivity contribution >= 4 is 29.4 Å². The molecule has 0 aliphatic carbocycles. The number of nitro groups is 1. The van der Waals surface area contributed by atoms with Gasteiger partial charge in [-0.3, -0.25) is 14.9 Å². The molecule has 1 amide bonds.